The summed E-state index contributed by atoms with van der Waals surface area (Å²) in [4.78, 5) is 12.4. The van der Waals surface area contributed by atoms with E-state index in [9.17, 15) is 4.79 Å². The zero-order valence-electron chi connectivity index (χ0n) is 12.2. The fourth-order valence-electron chi connectivity index (χ4n) is 1.89. The molecule has 0 saturated carbocycles. The molecule has 6 heteroatoms. The van der Waals surface area contributed by atoms with E-state index in [0.29, 0.717) is 33.8 Å². The lowest BCUT2D eigenvalue weighted by atomic mass is 10.1. The maximum Gasteiger partial charge on any atom is 0.259 e. The number of carbonyl (C=O) groups excluding carboxylic acids is 1. The molecule has 0 aliphatic carbocycles. The smallest absolute Gasteiger partial charge is 0.259 e. The second-order valence-electron chi connectivity index (χ2n) is 4.38. The van der Waals surface area contributed by atoms with E-state index in [1.807, 2.05) is 6.92 Å². The molecule has 2 rings (SSSR count). The molecule has 0 spiro atoms. The first-order valence-corrected chi connectivity index (χ1v) is 7.38. The summed E-state index contributed by atoms with van der Waals surface area (Å²) >= 11 is 12.1. The van der Waals surface area contributed by atoms with Gasteiger partial charge < -0.3 is 14.8 Å². The molecule has 0 unspecified atom stereocenters. The van der Waals surface area contributed by atoms with Crippen molar-refractivity contribution < 1.29 is 14.3 Å². The zero-order valence-corrected chi connectivity index (χ0v) is 13.7. The van der Waals surface area contributed by atoms with Crippen molar-refractivity contribution in [2.24, 2.45) is 0 Å². The van der Waals surface area contributed by atoms with Gasteiger partial charge in [0.25, 0.3) is 5.91 Å². The molecule has 0 aliphatic rings. The molecule has 116 valence electrons. The summed E-state index contributed by atoms with van der Waals surface area (Å²) in [5.41, 5.74) is 0.916. The number of carbonyl (C=O) groups is 1. The number of nitrogens with one attached hydrogen (secondary N) is 1. The standard InChI is InChI=1S/C16H15Cl2NO3/c1-3-22-15-13(8-10(17)9-14(15)18)16(20)19-11-4-6-12(21-2)7-5-11/h4-9H,3H2,1-2H3,(H,19,20). The number of benzene rings is 2. The molecule has 0 atom stereocenters. The Kier molecular flexibility index (Phi) is 5.52. The van der Waals surface area contributed by atoms with E-state index in [0.717, 1.165) is 0 Å². The van der Waals surface area contributed by atoms with Crippen molar-refractivity contribution in [1.82, 2.24) is 0 Å². The first kappa shape index (κ1) is 16.5. The van der Waals surface area contributed by atoms with Gasteiger partial charge in [-0.2, -0.15) is 0 Å². The third-order valence-electron chi connectivity index (χ3n) is 2.89. The third-order valence-corrected chi connectivity index (χ3v) is 3.39. The average molecular weight is 340 g/mol. The van der Waals surface area contributed by atoms with Gasteiger partial charge in [0.2, 0.25) is 0 Å². The van der Waals surface area contributed by atoms with Gasteiger partial charge in [0.15, 0.2) is 5.75 Å². The molecule has 0 fully saturated rings. The van der Waals surface area contributed by atoms with Crippen LogP contribution < -0.4 is 14.8 Å². The lowest BCUT2D eigenvalue weighted by Gasteiger charge is -2.13. The zero-order chi connectivity index (χ0) is 16.1. The Morgan fingerprint density at radius 2 is 1.86 bits per heavy atom. The first-order chi connectivity index (χ1) is 10.5. The molecule has 0 bridgehead atoms. The summed E-state index contributed by atoms with van der Waals surface area (Å²) in [5, 5.41) is 3.44. The highest BCUT2D eigenvalue weighted by Gasteiger charge is 2.17. The second kappa shape index (κ2) is 7.38. The molecule has 22 heavy (non-hydrogen) atoms. The molecule has 0 heterocycles. The van der Waals surface area contributed by atoms with Gasteiger partial charge in [-0.3, -0.25) is 4.79 Å². The van der Waals surface area contributed by atoms with Crippen molar-refractivity contribution in [2.45, 2.75) is 6.92 Å². The van der Waals surface area contributed by atoms with Gasteiger partial charge in [-0.25, -0.2) is 0 Å². The molecule has 4 nitrogen and oxygen atoms in total. The minimum atomic E-state index is -0.349. The van der Waals surface area contributed by atoms with Crippen LogP contribution in [-0.4, -0.2) is 19.6 Å². The lowest BCUT2D eigenvalue weighted by molar-refractivity contribution is 0.102. The molecule has 1 N–H and O–H groups in total. The topological polar surface area (TPSA) is 47.6 Å². The Bertz CT molecular complexity index is 672. The summed E-state index contributed by atoms with van der Waals surface area (Å²) in [6.45, 7) is 2.21. The monoisotopic (exact) mass is 339 g/mol. The van der Waals surface area contributed by atoms with E-state index in [1.54, 1.807) is 31.4 Å². The molecule has 2 aromatic rings. The predicted molar refractivity (Wildman–Crippen MR) is 88.6 cm³/mol. The highest BCUT2D eigenvalue weighted by atomic mass is 35.5. The predicted octanol–water partition coefficient (Wildman–Crippen LogP) is 4.65. The molecule has 0 saturated heterocycles. The fourth-order valence-corrected chi connectivity index (χ4v) is 2.44. The lowest BCUT2D eigenvalue weighted by Crippen LogP contribution is -2.14. The summed E-state index contributed by atoms with van der Waals surface area (Å²) in [7, 11) is 1.58. The first-order valence-electron chi connectivity index (χ1n) is 6.62. The van der Waals surface area contributed by atoms with Crippen molar-refractivity contribution in [3.05, 3.63) is 52.0 Å². The minimum Gasteiger partial charge on any atom is -0.497 e. The number of anilines is 1. The number of amides is 1. The number of ether oxygens (including phenoxy) is 2. The number of halogens is 2. The highest BCUT2D eigenvalue weighted by molar-refractivity contribution is 6.36. The van der Waals surface area contributed by atoms with E-state index in [1.165, 1.54) is 12.1 Å². The molecule has 0 radical (unpaired) electrons. The number of methoxy groups -OCH3 is 1. The molecule has 1 amide bonds. The average Bonchev–Trinajstić information content (AvgIpc) is 2.50. The van der Waals surface area contributed by atoms with Crippen LogP contribution in [0, 0.1) is 0 Å². The Hall–Kier alpha value is -1.91. The van der Waals surface area contributed by atoms with Gasteiger partial charge in [0.05, 0.1) is 24.3 Å². The number of hydrogen-bond donors (Lipinski definition) is 1. The van der Waals surface area contributed by atoms with Crippen LogP contribution in [0.2, 0.25) is 10.0 Å². The van der Waals surface area contributed by atoms with Crippen LogP contribution in [0.4, 0.5) is 5.69 Å². The quantitative estimate of drug-likeness (QED) is 0.862. The van der Waals surface area contributed by atoms with Crippen molar-refractivity contribution in [1.29, 1.82) is 0 Å². The van der Waals surface area contributed by atoms with Crippen LogP contribution in [0.5, 0.6) is 11.5 Å². The minimum absolute atomic E-state index is 0.287. The largest absolute Gasteiger partial charge is 0.497 e. The van der Waals surface area contributed by atoms with Crippen molar-refractivity contribution in [3.63, 3.8) is 0 Å². The second-order valence-corrected chi connectivity index (χ2v) is 5.22. The van der Waals surface area contributed by atoms with E-state index in [4.69, 9.17) is 32.7 Å². The number of rotatable bonds is 5. The van der Waals surface area contributed by atoms with E-state index in [2.05, 4.69) is 5.32 Å². The van der Waals surface area contributed by atoms with Gasteiger partial charge in [0, 0.05) is 10.7 Å². The summed E-state index contributed by atoms with van der Waals surface area (Å²) < 4.78 is 10.5. The third kappa shape index (κ3) is 3.84. The SMILES string of the molecule is CCOc1c(Cl)cc(Cl)cc1C(=O)Nc1ccc(OC)cc1. The van der Waals surface area contributed by atoms with Crippen LogP contribution in [0.15, 0.2) is 36.4 Å². The molecule has 0 aliphatic heterocycles. The Labute approximate surface area is 138 Å². The van der Waals surface area contributed by atoms with Crippen molar-refractivity contribution in [2.75, 3.05) is 19.0 Å². The Balaban J connectivity index is 2.28. The van der Waals surface area contributed by atoms with Gasteiger partial charge in [0.1, 0.15) is 5.75 Å². The fraction of sp³-hybridized carbons (Fsp3) is 0.188. The van der Waals surface area contributed by atoms with Crippen LogP contribution >= 0.6 is 23.2 Å². The van der Waals surface area contributed by atoms with Crippen LogP contribution in [0.1, 0.15) is 17.3 Å². The highest BCUT2D eigenvalue weighted by Crippen LogP contribution is 2.33. The van der Waals surface area contributed by atoms with Crippen LogP contribution in [0.25, 0.3) is 0 Å². The van der Waals surface area contributed by atoms with Gasteiger partial charge in [-0.1, -0.05) is 23.2 Å². The van der Waals surface area contributed by atoms with Gasteiger partial charge >= 0.3 is 0 Å². The Morgan fingerprint density at radius 1 is 1.18 bits per heavy atom. The normalized spacial score (nSPS) is 10.2. The summed E-state index contributed by atoms with van der Waals surface area (Å²) in [5.74, 6) is 0.677. The molecular formula is C16H15Cl2NO3. The Morgan fingerprint density at radius 3 is 2.45 bits per heavy atom. The molecule has 2 aromatic carbocycles. The van der Waals surface area contributed by atoms with Gasteiger partial charge in [-0.05, 0) is 43.3 Å². The van der Waals surface area contributed by atoms with Crippen LogP contribution in [-0.2, 0) is 0 Å². The maximum atomic E-state index is 12.4. The molecular weight excluding hydrogens is 325 g/mol. The van der Waals surface area contributed by atoms with Crippen LogP contribution in [0.3, 0.4) is 0 Å². The van der Waals surface area contributed by atoms with Gasteiger partial charge in [-0.15, -0.1) is 0 Å². The van der Waals surface area contributed by atoms with E-state index in [-0.39, 0.29) is 11.5 Å². The maximum absolute atomic E-state index is 12.4. The van der Waals surface area contributed by atoms with E-state index < -0.39 is 0 Å². The summed E-state index contributed by atoms with van der Waals surface area (Å²) in [6.07, 6.45) is 0. The van der Waals surface area contributed by atoms with Crippen molar-refractivity contribution >= 4 is 34.8 Å². The summed E-state index contributed by atoms with van der Waals surface area (Å²) in [6, 6.07) is 10.1. The molecule has 0 aromatic heterocycles. The van der Waals surface area contributed by atoms with E-state index >= 15 is 0 Å². The van der Waals surface area contributed by atoms with Crippen molar-refractivity contribution in [3.8, 4) is 11.5 Å². The number of hydrogen-bond acceptors (Lipinski definition) is 3.